The van der Waals surface area contributed by atoms with Crippen LogP contribution in [0.5, 0.6) is 0 Å². The molecular formula is C29H34F4N6S. The molecule has 0 spiro atoms. The van der Waals surface area contributed by atoms with E-state index in [-0.39, 0.29) is 22.8 Å². The minimum atomic E-state index is -4.85. The zero-order valence-corrected chi connectivity index (χ0v) is 23.3. The zero-order valence-electron chi connectivity index (χ0n) is 22.5. The first-order valence-corrected chi connectivity index (χ1v) is 14.1. The Hall–Kier alpha value is -2.94. The lowest BCUT2D eigenvalue weighted by molar-refractivity contribution is -0.139. The molecule has 6 nitrogen and oxygen atoms in total. The summed E-state index contributed by atoms with van der Waals surface area (Å²) in [5.41, 5.74) is 6.23. The van der Waals surface area contributed by atoms with Crippen LogP contribution in [-0.4, -0.2) is 72.2 Å². The molecule has 0 radical (unpaired) electrons. The number of halogens is 4. The van der Waals surface area contributed by atoms with Gasteiger partial charge in [-0.05, 0) is 87.2 Å². The molecule has 11 heteroatoms. The minimum Gasteiger partial charge on any atom is -0.397 e. The van der Waals surface area contributed by atoms with Crippen LogP contribution in [0.1, 0.15) is 42.4 Å². The summed E-state index contributed by atoms with van der Waals surface area (Å²) >= 11 is 5.79. The third-order valence-corrected chi connectivity index (χ3v) is 9.23. The van der Waals surface area contributed by atoms with Crippen LogP contribution in [0.4, 0.5) is 28.9 Å². The Morgan fingerprint density at radius 1 is 1.20 bits per heavy atom. The van der Waals surface area contributed by atoms with E-state index in [9.17, 15) is 22.8 Å². The van der Waals surface area contributed by atoms with Gasteiger partial charge in [0.15, 0.2) is 5.11 Å². The van der Waals surface area contributed by atoms with Crippen molar-refractivity contribution in [3.8, 4) is 6.07 Å². The Labute approximate surface area is 237 Å². The van der Waals surface area contributed by atoms with E-state index in [2.05, 4.69) is 33.1 Å². The van der Waals surface area contributed by atoms with Crippen molar-refractivity contribution in [2.45, 2.75) is 43.3 Å². The number of fused-ring (bicyclic) bond motifs is 1. The average Bonchev–Trinajstić information content (AvgIpc) is 3.54. The van der Waals surface area contributed by atoms with E-state index in [1.807, 2.05) is 24.3 Å². The molecule has 1 heterocycles. The van der Waals surface area contributed by atoms with E-state index in [4.69, 9.17) is 18.0 Å². The summed E-state index contributed by atoms with van der Waals surface area (Å²) in [5, 5.41) is 12.4. The van der Waals surface area contributed by atoms with Gasteiger partial charge < -0.3 is 25.8 Å². The van der Waals surface area contributed by atoms with Crippen LogP contribution < -0.4 is 11.1 Å². The van der Waals surface area contributed by atoms with Crippen LogP contribution in [-0.2, 0) is 11.6 Å². The molecule has 2 saturated carbocycles. The Morgan fingerprint density at radius 3 is 2.52 bits per heavy atom. The van der Waals surface area contributed by atoms with Crippen molar-refractivity contribution in [1.29, 1.82) is 5.26 Å². The van der Waals surface area contributed by atoms with Crippen LogP contribution in [0, 0.1) is 23.1 Å². The molecule has 3 aliphatic rings. The first kappa shape index (κ1) is 28.6. The number of alkyl halides is 3. The van der Waals surface area contributed by atoms with Gasteiger partial charge in [-0.15, -0.1) is 0 Å². The number of nitriles is 1. The maximum absolute atomic E-state index is 14.0. The first-order valence-electron chi connectivity index (χ1n) is 13.7. The fourth-order valence-electron chi connectivity index (χ4n) is 6.51. The van der Waals surface area contributed by atoms with Gasteiger partial charge in [-0.2, -0.15) is 18.4 Å². The van der Waals surface area contributed by atoms with E-state index < -0.39 is 17.6 Å². The van der Waals surface area contributed by atoms with E-state index in [1.165, 1.54) is 5.56 Å². The maximum atomic E-state index is 14.0. The molecule has 0 unspecified atom stereocenters. The number of hydrogen-bond acceptors (Lipinski definition) is 5. The van der Waals surface area contributed by atoms with Gasteiger partial charge in [0.2, 0.25) is 0 Å². The molecule has 3 fully saturated rings. The van der Waals surface area contributed by atoms with E-state index in [0.29, 0.717) is 35.3 Å². The summed E-state index contributed by atoms with van der Waals surface area (Å²) in [4.78, 5) is 6.85. The quantitative estimate of drug-likeness (QED) is 0.272. The van der Waals surface area contributed by atoms with Gasteiger partial charge in [0, 0.05) is 44.2 Å². The van der Waals surface area contributed by atoms with Crippen LogP contribution in [0.2, 0.25) is 0 Å². The molecule has 40 heavy (non-hydrogen) atoms. The van der Waals surface area contributed by atoms with Crippen molar-refractivity contribution in [2.75, 3.05) is 57.4 Å². The molecule has 5 rings (SSSR count). The summed E-state index contributed by atoms with van der Waals surface area (Å²) in [6.07, 6.45) is -1.13. The number of nitrogens with zero attached hydrogens (tertiary/aromatic N) is 4. The zero-order chi connectivity index (χ0) is 28.7. The van der Waals surface area contributed by atoms with Crippen molar-refractivity contribution in [2.24, 2.45) is 5.92 Å². The van der Waals surface area contributed by atoms with E-state index in [0.717, 1.165) is 58.4 Å². The lowest BCUT2D eigenvalue weighted by atomic mass is 9.93. The SMILES string of the molecule is CN1CCN(CCCN(C(=S)Nc2cc(C(F)(F)F)c(F)cc2N)[C@@H]2CC[C@]3(c4ccc(C#N)cc4)C[C@H]23)CC1. The molecule has 0 aromatic heterocycles. The smallest absolute Gasteiger partial charge is 0.397 e. The second kappa shape index (κ2) is 11.1. The number of rotatable bonds is 7. The largest absolute Gasteiger partial charge is 0.419 e. The molecule has 214 valence electrons. The Kier molecular flexibility index (Phi) is 7.97. The van der Waals surface area contributed by atoms with Crippen LogP contribution in [0.25, 0.3) is 0 Å². The molecular weight excluding hydrogens is 540 g/mol. The third-order valence-electron chi connectivity index (χ3n) is 8.89. The van der Waals surface area contributed by atoms with Gasteiger partial charge in [0.25, 0.3) is 0 Å². The van der Waals surface area contributed by atoms with Crippen molar-refractivity contribution in [3.05, 3.63) is 58.9 Å². The molecule has 3 atom stereocenters. The lowest BCUT2D eigenvalue weighted by Crippen LogP contribution is -2.47. The van der Waals surface area contributed by atoms with Gasteiger partial charge in [0.05, 0.1) is 28.6 Å². The Balaban J connectivity index is 1.34. The standard InChI is InChI=1S/C29H34F4N6S/c1-37-11-13-38(14-12-37)9-2-10-39(27(40)36-25-15-21(29(31,32)33)23(30)16-24(25)35)26-7-8-28(17-22(26)28)20-5-3-19(18-34)4-6-20/h3-6,15-16,22,26H,2,7-14,17,35H2,1H3,(H,36,40)/t22-,26-,28-/m1/s1. The third kappa shape index (κ3) is 5.76. The van der Waals surface area contributed by atoms with Crippen molar-refractivity contribution in [1.82, 2.24) is 14.7 Å². The number of piperazine rings is 1. The number of nitrogens with one attached hydrogen (secondary N) is 1. The Bertz CT molecular complexity index is 1290. The van der Waals surface area contributed by atoms with E-state index >= 15 is 0 Å². The molecule has 3 N–H and O–H groups in total. The second-order valence-electron chi connectivity index (χ2n) is 11.3. The minimum absolute atomic E-state index is 0.0301. The van der Waals surface area contributed by atoms with Gasteiger partial charge in [-0.25, -0.2) is 4.39 Å². The number of hydrogen-bond donors (Lipinski definition) is 2. The molecule has 1 aliphatic heterocycles. The summed E-state index contributed by atoms with van der Waals surface area (Å²) in [6.45, 7) is 5.59. The van der Waals surface area contributed by atoms with Gasteiger partial charge in [-0.3, -0.25) is 0 Å². The number of anilines is 2. The highest BCUT2D eigenvalue weighted by atomic mass is 32.1. The van der Waals surface area contributed by atoms with Gasteiger partial charge in [0.1, 0.15) is 5.82 Å². The predicted molar refractivity (Wildman–Crippen MR) is 151 cm³/mol. The Morgan fingerprint density at radius 2 is 1.90 bits per heavy atom. The number of thiocarbonyl (C=S) groups is 1. The van der Waals surface area contributed by atoms with Crippen molar-refractivity contribution < 1.29 is 17.6 Å². The van der Waals surface area contributed by atoms with Crippen molar-refractivity contribution in [3.63, 3.8) is 0 Å². The fourth-order valence-corrected chi connectivity index (χ4v) is 6.85. The monoisotopic (exact) mass is 574 g/mol. The molecule has 0 bridgehead atoms. The van der Waals surface area contributed by atoms with E-state index in [1.54, 1.807) is 0 Å². The lowest BCUT2D eigenvalue weighted by Gasteiger charge is -2.35. The topological polar surface area (TPSA) is 71.6 Å². The predicted octanol–water partition coefficient (Wildman–Crippen LogP) is 5.05. The number of nitrogens with two attached hydrogens (primary N) is 1. The maximum Gasteiger partial charge on any atom is 0.419 e. The highest BCUT2D eigenvalue weighted by Crippen LogP contribution is 2.65. The first-order chi connectivity index (χ1) is 19.0. The van der Waals surface area contributed by atoms with Crippen molar-refractivity contribution >= 4 is 28.7 Å². The highest BCUT2D eigenvalue weighted by Gasteiger charge is 2.63. The van der Waals surface area contributed by atoms with Gasteiger partial charge >= 0.3 is 6.18 Å². The van der Waals surface area contributed by atoms with Crippen LogP contribution >= 0.6 is 12.2 Å². The summed E-state index contributed by atoms with van der Waals surface area (Å²) in [6, 6.07) is 11.4. The molecule has 2 aromatic carbocycles. The molecule has 1 saturated heterocycles. The van der Waals surface area contributed by atoms with Crippen LogP contribution in [0.3, 0.4) is 0 Å². The second-order valence-corrected chi connectivity index (χ2v) is 11.7. The molecule has 0 amide bonds. The molecule has 2 aromatic rings. The van der Waals surface area contributed by atoms with Gasteiger partial charge in [-0.1, -0.05) is 12.1 Å². The fraction of sp³-hybridized carbons (Fsp3) is 0.517. The molecule has 2 aliphatic carbocycles. The number of nitrogen functional groups attached to an aromatic ring is 1. The number of benzene rings is 2. The number of likely N-dealkylation sites (N-methyl/N-ethyl adjacent to an activating group) is 1. The summed E-state index contributed by atoms with van der Waals surface area (Å²) in [7, 11) is 2.12. The summed E-state index contributed by atoms with van der Waals surface area (Å²) < 4.78 is 54.2. The average molecular weight is 575 g/mol. The summed E-state index contributed by atoms with van der Waals surface area (Å²) in [5.74, 6) is -1.06. The van der Waals surface area contributed by atoms with Crippen LogP contribution in [0.15, 0.2) is 36.4 Å². The highest BCUT2D eigenvalue weighted by molar-refractivity contribution is 7.80. The normalized spacial score (nSPS) is 24.8.